The summed E-state index contributed by atoms with van der Waals surface area (Å²) in [5.74, 6) is -0.661. The van der Waals surface area contributed by atoms with Crippen LogP contribution in [-0.2, 0) is 11.3 Å². The highest BCUT2D eigenvalue weighted by Gasteiger charge is 2.12. The highest BCUT2D eigenvalue weighted by molar-refractivity contribution is 7.98. The van der Waals surface area contributed by atoms with Crippen molar-refractivity contribution in [3.8, 4) is 0 Å². The zero-order valence-corrected chi connectivity index (χ0v) is 16.3. The molecule has 0 radical (unpaired) electrons. The molecule has 0 aliphatic carbocycles. The predicted molar refractivity (Wildman–Crippen MR) is 105 cm³/mol. The highest BCUT2D eigenvalue weighted by Crippen LogP contribution is 2.20. The maximum absolute atomic E-state index is 12.5. The predicted octanol–water partition coefficient (Wildman–Crippen LogP) is 3.97. The molecule has 0 unspecified atom stereocenters. The number of esters is 1. The first kappa shape index (κ1) is 18.4. The lowest BCUT2D eigenvalue weighted by Crippen LogP contribution is -2.15. The second-order valence-corrected chi connectivity index (χ2v) is 7.34. The number of amides is 1. The molecular formula is C19H18N2O3S2. The first-order chi connectivity index (χ1) is 12.6. The van der Waals surface area contributed by atoms with E-state index in [-0.39, 0.29) is 11.9 Å². The molecule has 1 heterocycles. The number of hydrogen-bond acceptors (Lipinski definition) is 5. The van der Waals surface area contributed by atoms with Crippen molar-refractivity contribution in [2.75, 3.05) is 13.4 Å². The van der Waals surface area contributed by atoms with Crippen LogP contribution >= 0.6 is 23.1 Å². The third-order valence-electron chi connectivity index (χ3n) is 3.95. The van der Waals surface area contributed by atoms with Gasteiger partial charge in [-0.25, -0.2) is 4.79 Å². The Balaban J connectivity index is 2.06. The van der Waals surface area contributed by atoms with E-state index in [0.29, 0.717) is 22.5 Å². The number of carbonyl (C=O) groups is 2. The molecule has 26 heavy (non-hydrogen) atoms. The summed E-state index contributed by atoms with van der Waals surface area (Å²) < 4.78 is 7.62. The monoisotopic (exact) mass is 386 g/mol. The number of aryl methyl sites for hydroxylation is 1. The van der Waals surface area contributed by atoms with Crippen LogP contribution in [0.5, 0.6) is 0 Å². The Bertz CT molecular complexity index is 1030. The first-order valence-electron chi connectivity index (χ1n) is 8.02. The topological polar surface area (TPSA) is 60.7 Å². The van der Waals surface area contributed by atoms with Gasteiger partial charge in [0.15, 0.2) is 4.80 Å². The quantitative estimate of drug-likeness (QED) is 0.503. The summed E-state index contributed by atoms with van der Waals surface area (Å²) >= 11 is 3.01. The number of thiazole rings is 1. The molecule has 0 bridgehead atoms. The van der Waals surface area contributed by atoms with Gasteiger partial charge in [0.2, 0.25) is 0 Å². The maximum Gasteiger partial charge on any atom is 0.337 e. The lowest BCUT2D eigenvalue weighted by Gasteiger charge is -2.02. The van der Waals surface area contributed by atoms with Crippen molar-refractivity contribution in [2.45, 2.75) is 18.4 Å². The number of hydrogen-bond donors (Lipinski definition) is 0. The van der Waals surface area contributed by atoms with Crippen LogP contribution in [0.3, 0.4) is 0 Å². The molecule has 0 spiro atoms. The van der Waals surface area contributed by atoms with Gasteiger partial charge in [-0.15, -0.1) is 11.8 Å². The van der Waals surface area contributed by atoms with Gasteiger partial charge in [-0.3, -0.25) is 4.79 Å². The minimum absolute atomic E-state index is 0.278. The van der Waals surface area contributed by atoms with Crippen molar-refractivity contribution < 1.29 is 14.3 Å². The molecule has 7 heteroatoms. The Labute approximate surface area is 159 Å². The van der Waals surface area contributed by atoms with Crippen molar-refractivity contribution in [3.05, 3.63) is 58.4 Å². The average molecular weight is 386 g/mol. The number of benzene rings is 2. The molecule has 3 rings (SSSR count). The molecule has 134 valence electrons. The van der Waals surface area contributed by atoms with Crippen LogP contribution in [0.1, 0.15) is 27.6 Å². The number of rotatable bonds is 4. The van der Waals surface area contributed by atoms with Gasteiger partial charge in [0.1, 0.15) is 0 Å². The van der Waals surface area contributed by atoms with Crippen LogP contribution < -0.4 is 4.80 Å². The zero-order chi connectivity index (χ0) is 18.7. The lowest BCUT2D eigenvalue weighted by molar-refractivity contribution is 0.0601. The van der Waals surface area contributed by atoms with Gasteiger partial charge in [0.25, 0.3) is 5.91 Å². The standard InChI is InChI=1S/C19H18N2O3S2/c1-4-21-15-10-7-13(18(23)24-2)11-16(15)26-19(21)20-17(22)12-5-8-14(25-3)9-6-12/h5-11H,4H2,1-3H3. The Morgan fingerprint density at radius 1 is 1.15 bits per heavy atom. The number of fused-ring (bicyclic) bond motifs is 1. The molecule has 0 aliphatic heterocycles. The highest BCUT2D eigenvalue weighted by atomic mass is 32.2. The average Bonchev–Trinajstić information content (AvgIpc) is 3.03. The fraction of sp³-hybridized carbons (Fsp3) is 0.211. The van der Waals surface area contributed by atoms with Gasteiger partial charge in [-0.05, 0) is 55.6 Å². The van der Waals surface area contributed by atoms with Crippen LogP contribution in [-0.4, -0.2) is 29.8 Å². The maximum atomic E-state index is 12.5. The van der Waals surface area contributed by atoms with Gasteiger partial charge in [-0.1, -0.05) is 11.3 Å². The SMILES string of the molecule is CCn1c(=NC(=O)c2ccc(SC)cc2)sc2cc(C(=O)OC)ccc21. The number of nitrogens with zero attached hydrogens (tertiary/aromatic N) is 2. The summed E-state index contributed by atoms with van der Waals surface area (Å²) in [6, 6.07) is 12.8. The second kappa shape index (κ2) is 7.88. The van der Waals surface area contributed by atoms with Crippen LogP contribution in [0.4, 0.5) is 0 Å². The van der Waals surface area contributed by atoms with E-state index in [1.54, 1.807) is 36.0 Å². The van der Waals surface area contributed by atoms with Gasteiger partial charge in [0.05, 0.1) is 22.9 Å². The van der Waals surface area contributed by atoms with Crippen LogP contribution in [0.2, 0.25) is 0 Å². The van der Waals surface area contributed by atoms with E-state index in [1.165, 1.54) is 18.4 Å². The number of ether oxygens (including phenoxy) is 1. The molecule has 1 amide bonds. The Morgan fingerprint density at radius 2 is 1.85 bits per heavy atom. The zero-order valence-electron chi connectivity index (χ0n) is 14.7. The molecule has 1 aromatic heterocycles. The first-order valence-corrected chi connectivity index (χ1v) is 10.1. The molecule has 0 fully saturated rings. The van der Waals surface area contributed by atoms with E-state index >= 15 is 0 Å². The van der Waals surface area contributed by atoms with Crippen LogP contribution in [0.15, 0.2) is 52.4 Å². The minimum atomic E-state index is -0.383. The Kier molecular flexibility index (Phi) is 5.58. The molecular weight excluding hydrogens is 368 g/mol. The molecule has 2 aromatic carbocycles. The smallest absolute Gasteiger partial charge is 0.337 e. The van der Waals surface area contributed by atoms with Gasteiger partial charge in [0, 0.05) is 17.0 Å². The molecule has 0 N–H and O–H groups in total. The minimum Gasteiger partial charge on any atom is -0.465 e. The van der Waals surface area contributed by atoms with Crippen molar-refractivity contribution in [1.82, 2.24) is 4.57 Å². The summed E-state index contributed by atoms with van der Waals surface area (Å²) in [6.45, 7) is 2.67. The normalized spacial score (nSPS) is 11.7. The molecule has 0 saturated carbocycles. The third-order valence-corrected chi connectivity index (χ3v) is 5.74. The van der Waals surface area contributed by atoms with Crippen molar-refractivity contribution in [2.24, 2.45) is 4.99 Å². The summed E-state index contributed by atoms with van der Waals surface area (Å²) in [5, 5.41) is 0. The van der Waals surface area contributed by atoms with Crippen molar-refractivity contribution in [1.29, 1.82) is 0 Å². The Hall–Kier alpha value is -2.38. The third kappa shape index (κ3) is 3.59. The fourth-order valence-corrected chi connectivity index (χ4v) is 4.13. The van der Waals surface area contributed by atoms with Gasteiger partial charge < -0.3 is 9.30 Å². The van der Waals surface area contributed by atoms with Crippen molar-refractivity contribution in [3.63, 3.8) is 0 Å². The fourth-order valence-electron chi connectivity index (χ4n) is 2.59. The van der Waals surface area contributed by atoms with E-state index in [2.05, 4.69) is 4.99 Å². The summed E-state index contributed by atoms with van der Waals surface area (Å²) in [7, 11) is 1.36. The summed E-state index contributed by atoms with van der Waals surface area (Å²) in [6.07, 6.45) is 1.99. The number of methoxy groups -OCH3 is 1. The Morgan fingerprint density at radius 3 is 2.46 bits per heavy atom. The van der Waals surface area contributed by atoms with Crippen molar-refractivity contribution >= 4 is 45.2 Å². The van der Waals surface area contributed by atoms with Crippen LogP contribution in [0, 0.1) is 0 Å². The number of aromatic nitrogens is 1. The van der Waals surface area contributed by atoms with E-state index < -0.39 is 0 Å². The van der Waals surface area contributed by atoms with Gasteiger partial charge >= 0.3 is 5.97 Å². The largest absolute Gasteiger partial charge is 0.465 e. The summed E-state index contributed by atoms with van der Waals surface area (Å²) in [5.41, 5.74) is 1.97. The number of carbonyl (C=O) groups excluding carboxylic acids is 2. The number of thioether (sulfide) groups is 1. The van der Waals surface area contributed by atoms with E-state index in [4.69, 9.17) is 4.74 Å². The second-order valence-electron chi connectivity index (χ2n) is 5.45. The lowest BCUT2D eigenvalue weighted by atomic mass is 10.2. The molecule has 3 aromatic rings. The van der Waals surface area contributed by atoms with Crippen LogP contribution in [0.25, 0.3) is 10.2 Å². The summed E-state index contributed by atoms with van der Waals surface area (Å²) in [4.78, 5) is 30.3. The van der Waals surface area contributed by atoms with Gasteiger partial charge in [-0.2, -0.15) is 4.99 Å². The van der Waals surface area contributed by atoms with E-state index in [0.717, 1.165) is 15.1 Å². The van der Waals surface area contributed by atoms with E-state index in [9.17, 15) is 9.59 Å². The molecule has 0 saturated heterocycles. The van der Waals surface area contributed by atoms with E-state index in [1.807, 2.05) is 35.9 Å². The molecule has 0 aliphatic rings. The molecule has 0 atom stereocenters. The molecule has 5 nitrogen and oxygen atoms in total.